The van der Waals surface area contributed by atoms with Crippen molar-refractivity contribution in [3.8, 4) is 28.7 Å². The fourth-order valence-electron chi connectivity index (χ4n) is 6.02. The van der Waals surface area contributed by atoms with Gasteiger partial charge in [0.15, 0.2) is 28.1 Å². The van der Waals surface area contributed by atoms with Crippen LogP contribution < -0.4 is 29.6 Å². The van der Waals surface area contributed by atoms with Crippen molar-refractivity contribution in [1.29, 1.82) is 0 Å². The number of fused-ring (bicyclic) bond motifs is 3. The van der Waals surface area contributed by atoms with Crippen molar-refractivity contribution < 1.29 is 38.4 Å². The molecule has 2 aliphatic heterocycles. The number of esters is 1. The second-order valence-electron chi connectivity index (χ2n) is 10.1. The molecule has 41 heavy (non-hydrogen) atoms. The lowest BCUT2D eigenvalue weighted by Crippen LogP contribution is -2.47. The Balaban J connectivity index is 1.43. The number of rotatable bonds is 5. The highest BCUT2D eigenvalue weighted by molar-refractivity contribution is 7.80. The second kappa shape index (κ2) is 10.5. The Morgan fingerprint density at radius 3 is 2.32 bits per heavy atom. The van der Waals surface area contributed by atoms with E-state index >= 15 is 0 Å². The molecule has 1 fully saturated rings. The van der Waals surface area contributed by atoms with Crippen LogP contribution in [0.3, 0.4) is 0 Å². The SMILES string of the molecule is COc1cc([C@@H]2c3cc4c(cc3[C@@H](NC(=S)NC(=O)c3ccccc3C)[C@H]3COC(=O)[C@H]23)OCO4)cc(OC)c1O. The van der Waals surface area contributed by atoms with Gasteiger partial charge < -0.3 is 34.1 Å². The number of aryl methyl sites for hydroxylation is 1. The molecule has 4 atom stereocenters. The molecule has 212 valence electrons. The van der Waals surface area contributed by atoms with E-state index < -0.39 is 17.9 Å². The molecule has 0 spiro atoms. The number of methoxy groups -OCH3 is 2. The van der Waals surface area contributed by atoms with Crippen LogP contribution in [0.25, 0.3) is 0 Å². The van der Waals surface area contributed by atoms with Crippen molar-refractivity contribution in [2.45, 2.75) is 18.9 Å². The van der Waals surface area contributed by atoms with Crippen molar-refractivity contribution in [1.82, 2.24) is 10.6 Å². The number of carbonyl (C=O) groups excluding carboxylic acids is 2. The van der Waals surface area contributed by atoms with Gasteiger partial charge in [-0.2, -0.15) is 0 Å². The van der Waals surface area contributed by atoms with Crippen LogP contribution >= 0.6 is 12.2 Å². The molecule has 0 bridgehead atoms. The Morgan fingerprint density at radius 2 is 1.66 bits per heavy atom. The molecule has 0 unspecified atom stereocenters. The van der Waals surface area contributed by atoms with Gasteiger partial charge in [0.1, 0.15) is 0 Å². The minimum atomic E-state index is -0.616. The molecule has 1 aliphatic carbocycles. The first-order chi connectivity index (χ1) is 19.8. The Labute approximate surface area is 241 Å². The fraction of sp³-hybridized carbons (Fsp3) is 0.300. The van der Waals surface area contributed by atoms with Gasteiger partial charge in [0.2, 0.25) is 12.5 Å². The molecule has 11 heteroatoms. The highest BCUT2D eigenvalue weighted by atomic mass is 32.1. The zero-order valence-corrected chi connectivity index (χ0v) is 23.4. The molecule has 3 aromatic rings. The smallest absolute Gasteiger partial charge is 0.310 e. The maximum atomic E-state index is 13.3. The highest BCUT2D eigenvalue weighted by Gasteiger charge is 2.53. The van der Waals surface area contributed by atoms with Crippen molar-refractivity contribution in [2.24, 2.45) is 11.8 Å². The van der Waals surface area contributed by atoms with Crippen molar-refractivity contribution in [2.75, 3.05) is 27.6 Å². The minimum Gasteiger partial charge on any atom is -0.502 e. The van der Waals surface area contributed by atoms with Crippen LogP contribution in [-0.4, -0.2) is 49.7 Å². The van der Waals surface area contributed by atoms with Gasteiger partial charge in [-0.05, 0) is 71.7 Å². The van der Waals surface area contributed by atoms with E-state index in [0.29, 0.717) is 22.6 Å². The number of phenols is 1. The van der Waals surface area contributed by atoms with Crippen LogP contribution in [0, 0.1) is 18.8 Å². The third kappa shape index (κ3) is 4.55. The van der Waals surface area contributed by atoms with Gasteiger partial charge in [0.05, 0.1) is 32.8 Å². The standard InChI is InChI=1S/C30H28N2O8S/c1-14-6-4-5-7-16(14)28(34)32-30(41)31-26-18-11-21-20(39-13-40-21)10-17(18)24(25-19(26)12-38-29(25)35)15-8-22(36-2)27(33)23(9-15)37-3/h4-11,19,24-26,33H,12-13H2,1-3H3,(H2,31,32,34,41)/t19-,24+,25-,26+/m0/s1. The summed E-state index contributed by atoms with van der Waals surface area (Å²) in [7, 11) is 2.90. The zero-order valence-electron chi connectivity index (χ0n) is 22.6. The van der Waals surface area contributed by atoms with E-state index in [0.717, 1.165) is 16.7 Å². The number of hydrogen-bond donors (Lipinski definition) is 3. The van der Waals surface area contributed by atoms with Gasteiger partial charge in [-0.25, -0.2) is 0 Å². The van der Waals surface area contributed by atoms with Gasteiger partial charge in [0, 0.05) is 17.4 Å². The molecule has 1 amide bonds. The lowest BCUT2D eigenvalue weighted by Gasteiger charge is -2.40. The Morgan fingerprint density at radius 1 is 1.00 bits per heavy atom. The molecule has 3 aromatic carbocycles. The van der Waals surface area contributed by atoms with E-state index in [1.807, 2.05) is 31.2 Å². The summed E-state index contributed by atoms with van der Waals surface area (Å²) < 4.78 is 27.8. The number of nitrogens with one attached hydrogen (secondary N) is 2. The first-order valence-electron chi connectivity index (χ1n) is 13.0. The van der Waals surface area contributed by atoms with E-state index in [-0.39, 0.29) is 53.6 Å². The summed E-state index contributed by atoms with van der Waals surface area (Å²) in [5.41, 5.74) is 3.63. The maximum Gasteiger partial charge on any atom is 0.310 e. The van der Waals surface area contributed by atoms with Crippen LogP contribution in [0.2, 0.25) is 0 Å². The zero-order chi connectivity index (χ0) is 28.8. The van der Waals surface area contributed by atoms with E-state index in [9.17, 15) is 14.7 Å². The third-order valence-electron chi connectivity index (χ3n) is 7.95. The average molecular weight is 577 g/mol. The largest absolute Gasteiger partial charge is 0.502 e. The summed E-state index contributed by atoms with van der Waals surface area (Å²) in [5.74, 6) is -0.756. The molecule has 2 heterocycles. The summed E-state index contributed by atoms with van der Waals surface area (Å²) >= 11 is 5.59. The molecule has 10 nitrogen and oxygen atoms in total. The first-order valence-corrected chi connectivity index (χ1v) is 13.4. The molecule has 0 saturated carbocycles. The molecular formula is C30H28N2O8S. The monoisotopic (exact) mass is 576 g/mol. The molecular weight excluding hydrogens is 548 g/mol. The first kappa shape index (κ1) is 26.7. The lowest BCUT2D eigenvalue weighted by atomic mass is 9.65. The van der Waals surface area contributed by atoms with E-state index in [1.165, 1.54) is 14.2 Å². The lowest BCUT2D eigenvalue weighted by molar-refractivity contribution is -0.141. The summed E-state index contributed by atoms with van der Waals surface area (Å²) in [6.45, 7) is 2.07. The number of amides is 1. The predicted molar refractivity (Wildman–Crippen MR) is 151 cm³/mol. The average Bonchev–Trinajstić information content (AvgIpc) is 3.58. The predicted octanol–water partition coefficient (Wildman–Crippen LogP) is 3.73. The number of aromatic hydroxyl groups is 1. The Bertz CT molecular complexity index is 1550. The molecule has 0 radical (unpaired) electrons. The minimum absolute atomic E-state index is 0.0711. The van der Waals surface area contributed by atoms with Gasteiger partial charge in [0.25, 0.3) is 5.91 Å². The third-order valence-corrected chi connectivity index (χ3v) is 8.17. The number of carbonyl (C=O) groups is 2. The molecule has 0 aromatic heterocycles. The normalized spacial score (nSPS) is 21.8. The fourth-order valence-corrected chi connectivity index (χ4v) is 6.24. The van der Waals surface area contributed by atoms with E-state index in [4.69, 9.17) is 35.9 Å². The Kier molecular flexibility index (Phi) is 6.82. The molecule has 3 aliphatic rings. The summed E-state index contributed by atoms with van der Waals surface area (Å²) in [5, 5.41) is 16.7. The highest BCUT2D eigenvalue weighted by Crippen LogP contribution is 2.55. The van der Waals surface area contributed by atoms with E-state index in [1.54, 1.807) is 24.3 Å². The number of ether oxygens (including phenoxy) is 5. The van der Waals surface area contributed by atoms with Crippen molar-refractivity contribution in [3.05, 3.63) is 76.3 Å². The van der Waals surface area contributed by atoms with Crippen LogP contribution in [0.5, 0.6) is 28.7 Å². The van der Waals surface area contributed by atoms with Gasteiger partial charge >= 0.3 is 5.97 Å². The number of benzene rings is 3. The van der Waals surface area contributed by atoms with Crippen LogP contribution in [0.15, 0.2) is 48.5 Å². The van der Waals surface area contributed by atoms with E-state index in [2.05, 4.69) is 10.6 Å². The second-order valence-corrected chi connectivity index (χ2v) is 10.5. The van der Waals surface area contributed by atoms with Gasteiger partial charge in [-0.3, -0.25) is 14.9 Å². The molecule has 1 saturated heterocycles. The number of hydrogen-bond acceptors (Lipinski definition) is 9. The summed E-state index contributed by atoms with van der Waals surface area (Å²) in [4.78, 5) is 26.3. The topological polar surface area (TPSA) is 125 Å². The quantitative estimate of drug-likeness (QED) is 0.306. The maximum absolute atomic E-state index is 13.3. The van der Waals surface area contributed by atoms with Crippen LogP contribution in [0.1, 0.15) is 44.6 Å². The number of cyclic esters (lactones) is 1. The summed E-state index contributed by atoms with van der Waals surface area (Å²) in [6.07, 6.45) is 0. The van der Waals surface area contributed by atoms with Gasteiger partial charge in [-0.1, -0.05) is 18.2 Å². The van der Waals surface area contributed by atoms with Crippen molar-refractivity contribution in [3.63, 3.8) is 0 Å². The van der Waals surface area contributed by atoms with Gasteiger partial charge in [-0.15, -0.1) is 0 Å². The Hall–Kier alpha value is -4.51. The van der Waals surface area contributed by atoms with Crippen molar-refractivity contribution >= 4 is 29.2 Å². The molecule has 6 rings (SSSR count). The van der Waals surface area contributed by atoms with Crippen LogP contribution in [-0.2, 0) is 9.53 Å². The van der Waals surface area contributed by atoms with Crippen LogP contribution in [0.4, 0.5) is 0 Å². The molecule has 3 N–H and O–H groups in total. The number of thiocarbonyl (C=S) groups is 1. The summed E-state index contributed by atoms with van der Waals surface area (Å²) in [6, 6.07) is 13.9. The number of phenolic OH excluding ortho intramolecular Hbond substituents is 1.